The van der Waals surface area contributed by atoms with Crippen molar-refractivity contribution in [1.82, 2.24) is 0 Å². The largest absolute Gasteiger partial charge is 0.462 e. The average Bonchev–Trinajstić information content (AvgIpc) is 2.56. The predicted octanol–water partition coefficient (Wildman–Crippen LogP) is 5.54. The molecule has 0 bridgehead atoms. The normalized spacial score (nSPS) is 13.2. The molecule has 1 aromatic carbocycles. The van der Waals surface area contributed by atoms with Crippen LogP contribution in [-0.2, 0) is 14.3 Å². The number of hydrogen-bond donors (Lipinski definition) is 1. The number of esters is 1. The Labute approximate surface area is 161 Å². The molecule has 0 aliphatic rings. The van der Waals surface area contributed by atoms with Gasteiger partial charge in [-0.3, -0.25) is 9.59 Å². The van der Waals surface area contributed by atoms with Gasteiger partial charge in [-0.2, -0.15) is 0 Å². The number of carbonyl (C=O) groups is 2. The highest BCUT2D eigenvalue weighted by Gasteiger charge is 2.23. The topological polar surface area (TPSA) is 55.4 Å². The minimum atomic E-state index is -0.518. The lowest BCUT2D eigenvalue weighted by atomic mass is 10.2. The third-order valence-corrected chi connectivity index (χ3v) is 5.89. The summed E-state index contributed by atoms with van der Waals surface area (Å²) in [7, 11) is 0. The van der Waals surface area contributed by atoms with Crippen LogP contribution in [-0.4, -0.2) is 23.2 Å². The Morgan fingerprint density at radius 2 is 1.96 bits per heavy atom. The second-order valence-corrected chi connectivity index (χ2v) is 7.83. The first-order valence-electron chi connectivity index (χ1n) is 8.48. The van der Waals surface area contributed by atoms with Crippen LogP contribution in [0.1, 0.15) is 53.4 Å². The van der Waals surface area contributed by atoms with Gasteiger partial charge in [-0.25, -0.2) is 4.39 Å². The van der Waals surface area contributed by atoms with E-state index < -0.39 is 11.1 Å². The number of anilines is 1. The van der Waals surface area contributed by atoms with Crippen molar-refractivity contribution in [3.8, 4) is 0 Å². The molecule has 0 aliphatic heterocycles. The monoisotopic (exact) mass is 433 g/mol. The maximum atomic E-state index is 14.1. The summed E-state index contributed by atoms with van der Waals surface area (Å²) in [5, 5.41) is 2.18. The molecule has 0 aliphatic carbocycles. The van der Waals surface area contributed by atoms with E-state index in [0.29, 0.717) is 28.6 Å². The highest BCUT2D eigenvalue weighted by molar-refractivity contribution is 9.10. The van der Waals surface area contributed by atoms with E-state index in [4.69, 9.17) is 4.74 Å². The summed E-state index contributed by atoms with van der Waals surface area (Å²) < 4.78 is 20.0. The van der Waals surface area contributed by atoms with Crippen molar-refractivity contribution in [3.05, 3.63) is 22.4 Å². The standard InChI is InChI=1S/C18H25BrFNO3S/c1-5-8-17(22)21-14-10-16(12(19)9-13(14)20)25-15(7-3)18(23)24-11(4)6-2/h9-11,15H,5-8H2,1-4H3,(H,21,22). The van der Waals surface area contributed by atoms with Crippen molar-refractivity contribution < 1.29 is 18.7 Å². The molecule has 1 rings (SSSR count). The van der Waals surface area contributed by atoms with Crippen molar-refractivity contribution in [3.63, 3.8) is 0 Å². The Morgan fingerprint density at radius 3 is 2.52 bits per heavy atom. The maximum Gasteiger partial charge on any atom is 0.319 e. The molecule has 0 saturated carbocycles. The van der Waals surface area contributed by atoms with Crippen LogP contribution in [0.3, 0.4) is 0 Å². The molecule has 0 spiro atoms. The summed E-state index contributed by atoms with van der Waals surface area (Å²) in [6, 6.07) is 2.85. The van der Waals surface area contributed by atoms with E-state index in [-0.39, 0.29) is 23.7 Å². The minimum absolute atomic E-state index is 0.120. The van der Waals surface area contributed by atoms with E-state index >= 15 is 0 Å². The molecule has 0 heterocycles. The number of ether oxygens (including phenoxy) is 1. The number of hydrogen-bond acceptors (Lipinski definition) is 4. The number of amides is 1. The fraction of sp³-hybridized carbons (Fsp3) is 0.556. The van der Waals surface area contributed by atoms with Gasteiger partial charge in [0.05, 0.1) is 11.8 Å². The molecule has 2 atom stereocenters. The number of carbonyl (C=O) groups excluding carboxylic acids is 2. The molecule has 0 fully saturated rings. The van der Waals surface area contributed by atoms with E-state index in [9.17, 15) is 14.0 Å². The first-order valence-corrected chi connectivity index (χ1v) is 10.2. The van der Waals surface area contributed by atoms with Crippen LogP contribution in [0.4, 0.5) is 10.1 Å². The van der Waals surface area contributed by atoms with Gasteiger partial charge in [0.15, 0.2) is 0 Å². The van der Waals surface area contributed by atoms with Gasteiger partial charge in [0.2, 0.25) is 5.91 Å². The van der Waals surface area contributed by atoms with Gasteiger partial charge in [0.25, 0.3) is 0 Å². The summed E-state index contributed by atoms with van der Waals surface area (Å²) in [5.41, 5.74) is 0.120. The van der Waals surface area contributed by atoms with Crippen LogP contribution in [0.2, 0.25) is 0 Å². The summed E-state index contributed by atoms with van der Waals surface area (Å²) in [5.74, 6) is -1.03. The van der Waals surface area contributed by atoms with Crippen molar-refractivity contribution in [2.75, 3.05) is 5.32 Å². The molecule has 140 valence electrons. The molecule has 0 radical (unpaired) electrons. The summed E-state index contributed by atoms with van der Waals surface area (Å²) in [6.45, 7) is 7.59. The highest BCUT2D eigenvalue weighted by Crippen LogP contribution is 2.36. The third kappa shape index (κ3) is 6.98. The number of thioether (sulfide) groups is 1. The zero-order valence-corrected chi connectivity index (χ0v) is 17.4. The third-order valence-electron chi connectivity index (χ3n) is 3.57. The Morgan fingerprint density at radius 1 is 1.28 bits per heavy atom. The molecule has 1 aromatic rings. The zero-order chi connectivity index (χ0) is 19.0. The lowest BCUT2D eigenvalue weighted by Gasteiger charge is -2.18. The summed E-state index contributed by atoms with van der Waals surface area (Å²) in [4.78, 5) is 24.7. The maximum absolute atomic E-state index is 14.1. The SMILES string of the molecule is CCCC(=O)Nc1cc(SC(CC)C(=O)OC(C)CC)c(Br)cc1F. The molecule has 0 aromatic heterocycles. The smallest absolute Gasteiger partial charge is 0.319 e. The van der Waals surface area contributed by atoms with Gasteiger partial charge in [0.1, 0.15) is 11.1 Å². The van der Waals surface area contributed by atoms with Gasteiger partial charge in [0, 0.05) is 15.8 Å². The Hall–Kier alpha value is -1.08. The fourth-order valence-electron chi connectivity index (χ4n) is 1.96. The van der Waals surface area contributed by atoms with Gasteiger partial charge in [-0.15, -0.1) is 11.8 Å². The first kappa shape index (κ1) is 22.0. The van der Waals surface area contributed by atoms with Crippen LogP contribution >= 0.6 is 27.7 Å². The first-order chi connectivity index (χ1) is 11.8. The van der Waals surface area contributed by atoms with E-state index in [1.54, 1.807) is 6.07 Å². The van der Waals surface area contributed by atoms with Crippen molar-refractivity contribution in [2.45, 2.75) is 69.6 Å². The van der Waals surface area contributed by atoms with Crippen molar-refractivity contribution >= 4 is 45.3 Å². The number of halogens is 2. The predicted molar refractivity (Wildman–Crippen MR) is 103 cm³/mol. The molecular weight excluding hydrogens is 409 g/mol. The van der Waals surface area contributed by atoms with Gasteiger partial charge < -0.3 is 10.1 Å². The lowest BCUT2D eigenvalue weighted by Crippen LogP contribution is -2.24. The number of nitrogens with one attached hydrogen (secondary N) is 1. The van der Waals surface area contributed by atoms with E-state index in [2.05, 4.69) is 21.2 Å². The number of benzene rings is 1. The van der Waals surface area contributed by atoms with Crippen LogP contribution in [0.5, 0.6) is 0 Å². The Kier molecular flexibility index (Phi) is 9.50. The lowest BCUT2D eigenvalue weighted by molar-refractivity contribution is -0.147. The van der Waals surface area contributed by atoms with Crippen molar-refractivity contribution in [1.29, 1.82) is 0 Å². The quantitative estimate of drug-likeness (QED) is 0.410. The summed E-state index contributed by atoms with van der Waals surface area (Å²) >= 11 is 4.62. The average molecular weight is 434 g/mol. The van der Waals surface area contributed by atoms with E-state index in [0.717, 1.165) is 6.42 Å². The van der Waals surface area contributed by atoms with Gasteiger partial charge in [-0.05, 0) is 54.2 Å². The van der Waals surface area contributed by atoms with E-state index in [1.807, 2.05) is 27.7 Å². The number of rotatable bonds is 9. The van der Waals surface area contributed by atoms with Crippen LogP contribution in [0.15, 0.2) is 21.5 Å². The second-order valence-electron chi connectivity index (χ2n) is 5.73. The molecule has 7 heteroatoms. The van der Waals surface area contributed by atoms with E-state index in [1.165, 1.54) is 17.8 Å². The van der Waals surface area contributed by atoms with Crippen molar-refractivity contribution in [2.24, 2.45) is 0 Å². The molecule has 1 amide bonds. The Bertz CT molecular complexity index is 612. The highest BCUT2D eigenvalue weighted by atomic mass is 79.9. The van der Waals surface area contributed by atoms with Crippen LogP contribution in [0, 0.1) is 5.82 Å². The minimum Gasteiger partial charge on any atom is -0.462 e. The molecular formula is C18H25BrFNO3S. The Balaban J connectivity index is 2.95. The summed E-state index contributed by atoms with van der Waals surface area (Å²) in [6.07, 6.45) is 2.21. The van der Waals surface area contributed by atoms with Crippen LogP contribution < -0.4 is 5.32 Å². The zero-order valence-electron chi connectivity index (χ0n) is 15.0. The van der Waals surface area contributed by atoms with Gasteiger partial charge >= 0.3 is 5.97 Å². The molecule has 1 N–H and O–H groups in total. The molecule has 0 saturated heterocycles. The van der Waals surface area contributed by atoms with Gasteiger partial charge in [-0.1, -0.05) is 20.8 Å². The second kappa shape index (κ2) is 10.8. The molecule has 2 unspecified atom stereocenters. The molecule has 4 nitrogen and oxygen atoms in total. The van der Waals surface area contributed by atoms with Crippen LogP contribution in [0.25, 0.3) is 0 Å². The fourth-order valence-corrected chi connectivity index (χ4v) is 3.54. The molecule has 25 heavy (non-hydrogen) atoms.